The van der Waals surface area contributed by atoms with Crippen LogP contribution >= 0.6 is 0 Å². The number of fused-ring (bicyclic) bond motifs is 1. The van der Waals surface area contributed by atoms with Gasteiger partial charge < -0.3 is 19.9 Å². The van der Waals surface area contributed by atoms with Crippen molar-refractivity contribution in [2.24, 2.45) is 0 Å². The number of aliphatic hydroxyl groups excluding tert-OH is 1. The van der Waals surface area contributed by atoms with Crippen molar-refractivity contribution in [3.63, 3.8) is 0 Å². The van der Waals surface area contributed by atoms with E-state index in [4.69, 9.17) is 9.47 Å². The number of hydrogen-bond acceptors (Lipinski definition) is 4. The van der Waals surface area contributed by atoms with Crippen molar-refractivity contribution in [3.8, 4) is 0 Å². The van der Waals surface area contributed by atoms with Crippen LogP contribution in [0.15, 0.2) is 24.3 Å². The topological polar surface area (TPSA) is 50.7 Å². The fourth-order valence-corrected chi connectivity index (χ4v) is 3.18. The molecule has 1 aliphatic heterocycles. The van der Waals surface area contributed by atoms with Gasteiger partial charge in [0.15, 0.2) is 0 Å². The zero-order valence-electron chi connectivity index (χ0n) is 12.5. The molecular formula is C17H25NO3. The number of nitrogens with one attached hydrogen (secondary N) is 1. The fraction of sp³-hybridized carbons (Fsp3) is 0.647. The number of ether oxygens (including phenoxy) is 2. The molecule has 0 aromatic heterocycles. The number of hydrogen-bond donors (Lipinski definition) is 2. The molecule has 4 heteroatoms. The summed E-state index contributed by atoms with van der Waals surface area (Å²) < 4.78 is 11.0. The lowest BCUT2D eigenvalue weighted by Gasteiger charge is -2.17. The summed E-state index contributed by atoms with van der Waals surface area (Å²) in [5, 5.41) is 13.4. The van der Waals surface area contributed by atoms with Gasteiger partial charge in [0.25, 0.3) is 0 Å². The minimum Gasteiger partial charge on any atom is -0.389 e. The van der Waals surface area contributed by atoms with Gasteiger partial charge in [-0.15, -0.1) is 0 Å². The Balaban J connectivity index is 1.30. The van der Waals surface area contributed by atoms with E-state index < -0.39 is 6.10 Å². The average molecular weight is 291 g/mol. The average Bonchev–Trinajstić information content (AvgIpc) is 3.13. The third-order valence-electron chi connectivity index (χ3n) is 4.33. The molecule has 21 heavy (non-hydrogen) atoms. The summed E-state index contributed by atoms with van der Waals surface area (Å²) in [6.07, 6.45) is 4.10. The first kappa shape index (κ1) is 15.0. The highest BCUT2D eigenvalue weighted by atomic mass is 16.5. The van der Waals surface area contributed by atoms with E-state index in [9.17, 15) is 5.11 Å². The predicted octanol–water partition coefficient (Wildman–Crippen LogP) is 1.30. The smallest absolute Gasteiger partial charge is 0.0897 e. The van der Waals surface area contributed by atoms with Crippen LogP contribution in [0.2, 0.25) is 0 Å². The van der Waals surface area contributed by atoms with Gasteiger partial charge in [-0.2, -0.15) is 0 Å². The van der Waals surface area contributed by atoms with Gasteiger partial charge in [0, 0.05) is 19.2 Å². The fourth-order valence-electron chi connectivity index (χ4n) is 3.18. The molecule has 2 atom stereocenters. The molecule has 1 fully saturated rings. The lowest BCUT2D eigenvalue weighted by atomic mass is 10.1. The summed E-state index contributed by atoms with van der Waals surface area (Å²) in [5.74, 6) is 0. The molecule has 0 spiro atoms. The van der Waals surface area contributed by atoms with E-state index in [-0.39, 0.29) is 6.10 Å². The molecule has 0 amide bonds. The zero-order valence-corrected chi connectivity index (χ0v) is 12.5. The van der Waals surface area contributed by atoms with Gasteiger partial charge in [0.1, 0.15) is 0 Å². The van der Waals surface area contributed by atoms with Gasteiger partial charge in [-0.1, -0.05) is 24.3 Å². The van der Waals surface area contributed by atoms with Crippen molar-refractivity contribution in [1.29, 1.82) is 0 Å². The van der Waals surface area contributed by atoms with Gasteiger partial charge in [0.2, 0.25) is 0 Å². The van der Waals surface area contributed by atoms with Crippen molar-refractivity contribution >= 4 is 0 Å². The lowest BCUT2D eigenvalue weighted by Crippen LogP contribution is -2.38. The van der Waals surface area contributed by atoms with Gasteiger partial charge in [-0.3, -0.25) is 0 Å². The van der Waals surface area contributed by atoms with Crippen LogP contribution < -0.4 is 5.32 Å². The van der Waals surface area contributed by atoms with Gasteiger partial charge in [-0.25, -0.2) is 0 Å². The van der Waals surface area contributed by atoms with Crippen molar-refractivity contribution < 1.29 is 14.6 Å². The predicted molar refractivity (Wildman–Crippen MR) is 81.4 cm³/mol. The molecule has 2 N–H and O–H groups in total. The van der Waals surface area contributed by atoms with Crippen molar-refractivity contribution in [3.05, 3.63) is 35.4 Å². The van der Waals surface area contributed by atoms with Crippen LogP contribution in [-0.4, -0.2) is 49.7 Å². The first-order chi connectivity index (χ1) is 10.3. The van der Waals surface area contributed by atoms with E-state index in [0.717, 1.165) is 32.3 Å². The van der Waals surface area contributed by atoms with E-state index >= 15 is 0 Å². The van der Waals surface area contributed by atoms with Crippen LogP contribution in [0, 0.1) is 0 Å². The molecule has 4 nitrogen and oxygen atoms in total. The van der Waals surface area contributed by atoms with E-state index in [0.29, 0.717) is 25.8 Å². The standard InChI is InChI=1S/C17H25NO3/c19-16(11-20-12-17-6-3-7-21-17)10-18-15-8-13-4-1-2-5-14(13)9-15/h1-2,4-5,15-19H,3,6-12H2. The Kier molecular flexibility index (Phi) is 5.25. The summed E-state index contributed by atoms with van der Waals surface area (Å²) in [6, 6.07) is 9.01. The molecule has 116 valence electrons. The van der Waals surface area contributed by atoms with Crippen molar-refractivity contribution in [1.82, 2.24) is 5.32 Å². The molecule has 3 rings (SSSR count). The minimum atomic E-state index is -0.449. The van der Waals surface area contributed by atoms with Crippen LogP contribution in [0.4, 0.5) is 0 Å². The van der Waals surface area contributed by atoms with E-state index in [2.05, 4.69) is 29.6 Å². The number of benzene rings is 1. The SMILES string of the molecule is OC(CNC1Cc2ccccc2C1)COCC1CCCO1. The molecule has 0 saturated carbocycles. The van der Waals surface area contributed by atoms with Crippen molar-refractivity contribution in [2.45, 2.75) is 43.9 Å². The Labute approximate surface area is 126 Å². The number of aliphatic hydroxyl groups is 1. The molecule has 2 aliphatic rings. The second-order valence-corrected chi connectivity index (χ2v) is 6.11. The Morgan fingerprint density at radius 3 is 2.71 bits per heavy atom. The highest BCUT2D eigenvalue weighted by molar-refractivity contribution is 5.33. The van der Waals surface area contributed by atoms with E-state index in [1.54, 1.807) is 0 Å². The summed E-state index contributed by atoms with van der Waals surface area (Å²) in [4.78, 5) is 0. The van der Waals surface area contributed by atoms with Gasteiger partial charge in [0.05, 0.1) is 25.4 Å². The monoisotopic (exact) mass is 291 g/mol. The quantitative estimate of drug-likeness (QED) is 0.795. The first-order valence-corrected chi connectivity index (χ1v) is 7.99. The third-order valence-corrected chi connectivity index (χ3v) is 4.33. The van der Waals surface area contributed by atoms with E-state index in [1.807, 2.05) is 0 Å². The highest BCUT2D eigenvalue weighted by Crippen LogP contribution is 2.21. The second kappa shape index (κ2) is 7.36. The van der Waals surface area contributed by atoms with Crippen LogP contribution in [0.25, 0.3) is 0 Å². The largest absolute Gasteiger partial charge is 0.389 e. The van der Waals surface area contributed by atoms with Crippen LogP contribution in [0.3, 0.4) is 0 Å². The lowest BCUT2D eigenvalue weighted by molar-refractivity contribution is -0.0168. The zero-order chi connectivity index (χ0) is 14.5. The Hall–Kier alpha value is -0.940. The molecule has 1 aromatic carbocycles. The molecule has 1 aliphatic carbocycles. The summed E-state index contributed by atoms with van der Waals surface area (Å²) in [6.45, 7) is 2.42. The second-order valence-electron chi connectivity index (χ2n) is 6.11. The molecule has 0 bridgehead atoms. The summed E-state index contributed by atoms with van der Waals surface area (Å²) >= 11 is 0. The van der Waals surface area contributed by atoms with Crippen LogP contribution in [-0.2, 0) is 22.3 Å². The third kappa shape index (κ3) is 4.27. The Morgan fingerprint density at radius 2 is 2.05 bits per heavy atom. The summed E-state index contributed by atoms with van der Waals surface area (Å²) in [5.41, 5.74) is 2.86. The van der Waals surface area contributed by atoms with Gasteiger partial charge in [-0.05, 0) is 36.8 Å². The molecule has 1 saturated heterocycles. The molecule has 1 heterocycles. The maximum atomic E-state index is 9.97. The number of rotatable bonds is 7. The maximum Gasteiger partial charge on any atom is 0.0897 e. The molecular weight excluding hydrogens is 266 g/mol. The minimum absolute atomic E-state index is 0.231. The summed E-state index contributed by atoms with van der Waals surface area (Å²) in [7, 11) is 0. The maximum absolute atomic E-state index is 9.97. The van der Waals surface area contributed by atoms with Crippen LogP contribution in [0.1, 0.15) is 24.0 Å². The van der Waals surface area contributed by atoms with Crippen molar-refractivity contribution in [2.75, 3.05) is 26.4 Å². The van der Waals surface area contributed by atoms with E-state index in [1.165, 1.54) is 11.1 Å². The van der Waals surface area contributed by atoms with Gasteiger partial charge >= 0.3 is 0 Å². The molecule has 0 radical (unpaired) electrons. The Morgan fingerprint density at radius 1 is 1.29 bits per heavy atom. The molecule has 2 unspecified atom stereocenters. The highest BCUT2D eigenvalue weighted by Gasteiger charge is 2.21. The molecule has 1 aromatic rings. The van der Waals surface area contributed by atoms with Crippen LogP contribution in [0.5, 0.6) is 0 Å². The first-order valence-electron chi connectivity index (χ1n) is 7.99. The normalized spacial score (nSPS) is 23.4. The Bertz CT molecular complexity index is 420.